The van der Waals surface area contributed by atoms with Gasteiger partial charge in [-0.25, -0.2) is 8.42 Å². The predicted octanol–water partition coefficient (Wildman–Crippen LogP) is 3.02. The molecule has 158 valence electrons. The van der Waals surface area contributed by atoms with Crippen molar-refractivity contribution in [3.8, 4) is 5.75 Å². The summed E-state index contributed by atoms with van der Waals surface area (Å²) in [5, 5.41) is 6.50. The molecule has 0 saturated heterocycles. The monoisotopic (exact) mass is 418 g/mol. The molecule has 2 aromatic carbocycles. The minimum Gasteiger partial charge on any atom is -0.493 e. The fourth-order valence-corrected chi connectivity index (χ4v) is 3.31. The number of aryl methyl sites for hydroxylation is 1. The number of aliphatic imine (C=N–C) groups is 1. The van der Waals surface area contributed by atoms with Gasteiger partial charge in [-0.1, -0.05) is 37.3 Å². The van der Waals surface area contributed by atoms with Crippen molar-refractivity contribution < 1.29 is 13.2 Å². The summed E-state index contributed by atoms with van der Waals surface area (Å²) in [6, 6.07) is 13.4. The maximum absolute atomic E-state index is 11.6. The molecular formula is C21H30N4O3S. The predicted molar refractivity (Wildman–Crippen MR) is 119 cm³/mol. The largest absolute Gasteiger partial charge is 0.493 e. The Bertz CT molecular complexity index is 943. The highest BCUT2D eigenvalue weighted by molar-refractivity contribution is 7.92. The van der Waals surface area contributed by atoms with Crippen LogP contribution in [0.3, 0.4) is 0 Å². The number of benzene rings is 2. The Balaban J connectivity index is 2.01. The number of para-hydroxylation sites is 1. The zero-order valence-electron chi connectivity index (χ0n) is 17.5. The first kappa shape index (κ1) is 22.5. The molecule has 29 heavy (non-hydrogen) atoms. The van der Waals surface area contributed by atoms with E-state index in [-0.39, 0.29) is 0 Å². The van der Waals surface area contributed by atoms with Crippen LogP contribution in [0.2, 0.25) is 0 Å². The lowest BCUT2D eigenvalue weighted by molar-refractivity contribution is 0.313. The van der Waals surface area contributed by atoms with E-state index >= 15 is 0 Å². The second-order valence-electron chi connectivity index (χ2n) is 6.77. The Morgan fingerprint density at radius 3 is 2.41 bits per heavy atom. The highest BCUT2D eigenvalue weighted by Crippen LogP contribution is 2.20. The maximum Gasteiger partial charge on any atom is 0.229 e. The Hall–Kier alpha value is -2.74. The fourth-order valence-electron chi connectivity index (χ4n) is 2.71. The fraction of sp³-hybridized carbons (Fsp3) is 0.381. The minimum atomic E-state index is -3.34. The molecule has 0 unspecified atom stereocenters. The lowest BCUT2D eigenvalue weighted by Gasteiger charge is -2.16. The quantitative estimate of drug-likeness (QED) is 0.430. The third-order valence-electron chi connectivity index (χ3n) is 4.11. The van der Waals surface area contributed by atoms with Crippen LogP contribution >= 0.6 is 0 Å². The van der Waals surface area contributed by atoms with Crippen LogP contribution in [-0.2, 0) is 23.1 Å². The van der Waals surface area contributed by atoms with Crippen LogP contribution in [0.5, 0.6) is 5.75 Å². The first-order chi connectivity index (χ1) is 13.8. The van der Waals surface area contributed by atoms with Crippen molar-refractivity contribution in [1.82, 2.24) is 10.6 Å². The van der Waals surface area contributed by atoms with E-state index in [2.05, 4.69) is 33.3 Å². The van der Waals surface area contributed by atoms with Crippen molar-refractivity contribution in [1.29, 1.82) is 0 Å². The average molecular weight is 419 g/mol. The molecule has 0 amide bonds. The summed E-state index contributed by atoms with van der Waals surface area (Å²) in [5.74, 6) is 1.48. The number of ether oxygens (including phenoxy) is 1. The van der Waals surface area contributed by atoms with Crippen LogP contribution in [0.25, 0.3) is 0 Å². The van der Waals surface area contributed by atoms with Crippen LogP contribution in [0.4, 0.5) is 5.69 Å². The molecule has 0 aliphatic heterocycles. The van der Waals surface area contributed by atoms with Gasteiger partial charge in [0.2, 0.25) is 10.0 Å². The SMILES string of the molecule is CCCOc1cc(C)ccc1CNC(=NC)NCc1ccccc1NS(C)(=O)=O. The van der Waals surface area contributed by atoms with Gasteiger partial charge in [-0.05, 0) is 36.6 Å². The van der Waals surface area contributed by atoms with E-state index in [0.717, 1.165) is 35.1 Å². The van der Waals surface area contributed by atoms with E-state index in [1.807, 2.05) is 31.2 Å². The van der Waals surface area contributed by atoms with E-state index in [9.17, 15) is 8.42 Å². The average Bonchev–Trinajstić information content (AvgIpc) is 2.67. The van der Waals surface area contributed by atoms with Gasteiger partial charge in [0.1, 0.15) is 5.75 Å². The van der Waals surface area contributed by atoms with E-state index < -0.39 is 10.0 Å². The summed E-state index contributed by atoms with van der Waals surface area (Å²) in [4.78, 5) is 4.25. The zero-order valence-corrected chi connectivity index (χ0v) is 18.3. The molecule has 8 heteroatoms. The normalized spacial score (nSPS) is 11.8. The smallest absolute Gasteiger partial charge is 0.229 e. The highest BCUT2D eigenvalue weighted by Gasteiger charge is 2.09. The molecule has 0 aromatic heterocycles. The van der Waals surface area contributed by atoms with Crippen LogP contribution in [0.1, 0.15) is 30.0 Å². The van der Waals surface area contributed by atoms with E-state index in [1.165, 1.54) is 0 Å². The number of guanidine groups is 1. The Kier molecular flexibility index (Phi) is 8.33. The topological polar surface area (TPSA) is 91.8 Å². The summed E-state index contributed by atoms with van der Waals surface area (Å²) in [6.07, 6.45) is 2.09. The van der Waals surface area contributed by atoms with Crippen molar-refractivity contribution in [2.24, 2.45) is 4.99 Å². The van der Waals surface area contributed by atoms with E-state index in [0.29, 0.717) is 31.3 Å². The van der Waals surface area contributed by atoms with Gasteiger partial charge in [0.05, 0.1) is 18.6 Å². The van der Waals surface area contributed by atoms with Crippen molar-refractivity contribution in [2.75, 3.05) is 24.6 Å². The molecule has 0 spiro atoms. The van der Waals surface area contributed by atoms with Gasteiger partial charge in [-0.2, -0.15) is 0 Å². The van der Waals surface area contributed by atoms with Crippen molar-refractivity contribution >= 4 is 21.7 Å². The molecule has 0 atom stereocenters. The van der Waals surface area contributed by atoms with Crippen molar-refractivity contribution in [3.63, 3.8) is 0 Å². The number of nitrogens with one attached hydrogen (secondary N) is 3. The summed E-state index contributed by atoms with van der Waals surface area (Å²) in [6.45, 7) is 5.77. The van der Waals surface area contributed by atoms with Gasteiger partial charge in [0, 0.05) is 25.7 Å². The molecule has 2 aromatic rings. The number of nitrogens with zero attached hydrogens (tertiary/aromatic N) is 1. The standard InChI is InChI=1S/C21H30N4O3S/c1-5-12-28-20-13-16(2)10-11-18(20)15-24-21(22-3)23-14-17-8-6-7-9-19(17)25-29(4,26)27/h6-11,13,25H,5,12,14-15H2,1-4H3,(H2,22,23,24). The summed E-state index contributed by atoms with van der Waals surface area (Å²) >= 11 is 0. The number of hydrogen-bond donors (Lipinski definition) is 3. The third-order valence-corrected chi connectivity index (χ3v) is 4.70. The van der Waals surface area contributed by atoms with Crippen molar-refractivity contribution in [2.45, 2.75) is 33.4 Å². The Labute approximate surface area is 173 Å². The summed E-state index contributed by atoms with van der Waals surface area (Å²) in [7, 11) is -1.65. The van der Waals surface area contributed by atoms with E-state index in [1.54, 1.807) is 19.2 Å². The molecule has 0 aliphatic carbocycles. The molecule has 7 nitrogen and oxygen atoms in total. The van der Waals surface area contributed by atoms with Gasteiger partial charge >= 0.3 is 0 Å². The van der Waals surface area contributed by atoms with Gasteiger partial charge < -0.3 is 15.4 Å². The van der Waals surface area contributed by atoms with Gasteiger partial charge in [-0.3, -0.25) is 9.71 Å². The van der Waals surface area contributed by atoms with Crippen LogP contribution in [-0.4, -0.2) is 34.3 Å². The van der Waals surface area contributed by atoms with Gasteiger partial charge in [0.15, 0.2) is 5.96 Å². The molecule has 0 radical (unpaired) electrons. The molecule has 0 bridgehead atoms. The van der Waals surface area contributed by atoms with Crippen LogP contribution in [0, 0.1) is 6.92 Å². The minimum absolute atomic E-state index is 0.422. The zero-order chi connectivity index (χ0) is 21.3. The molecule has 0 heterocycles. The van der Waals surface area contributed by atoms with Gasteiger partial charge in [-0.15, -0.1) is 0 Å². The second kappa shape index (κ2) is 10.7. The highest BCUT2D eigenvalue weighted by atomic mass is 32.2. The first-order valence-electron chi connectivity index (χ1n) is 9.55. The lowest BCUT2D eigenvalue weighted by Crippen LogP contribution is -2.36. The number of rotatable bonds is 9. The van der Waals surface area contributed by atoms with Crippen LogP contribution in [0.15, 0.2) is 47.5 Å². The number of sulfonamides is 1. The molecule has 3 N–H and O–H groups in total. The molecule has 0 fully saturated rings. The molecule has 2 rings (SSSR count). The summed E-state index contributed by atoms with van der Waals surface area (Å²) < 4.78 is 31.5. The second-order valence-corrected chi connectivity index (χ2v) is 8.52. The molecule has 0 saturated carbocycles. The number of hydrogen-bond acceptors (Lipinski definition) is 4. The lowest BCUT2D eigenvalue weighted by atomic mass is 10.1. The first-order valence-corrected chi connectivity index (χ1v) is 11.4. The maximum atomic E-state index is 11.6. The Morgan fingerprint density at radius 1 is 1.07 bits per heavy atom. The van der Waals surface area contributed by atoms with E-state index in [4.69, 9.17) is 4.74 Å². The molecule has 0 aliphatic rings. The third kappa shape index (κ3) is 7.65. The number of anilines is 1. The van der Waals surface area contributed by atoms with Gasteiger partial charge in [0.25, 0.3) is 0 Å². The summed E-state index contributed by atoms with van der Waals surface area (Å²) in [5.41, 5.74) is 3.57. The van der Waals surface area contributed by atoms with Crippen molar-refractivity contribution in [3.05, 3.63) is 59.2 Å². The molecular weight excluding hydrogens is 388 g/mol. The Morgan fingerprint density at radius 2 is 1.76 bits per heavy atom. The van der Waals surface area contributed by atoms with Crippen LogP contribution < -0.4 is 20.1 Å².